The molecule has 1 aliphatic rings. The highest BCUT2D eigenvalue weighted by atomic mass is 35.5. The van der Waals surface area contributed by atoms with Gasteiger partial charge >= 0.3 is 5.97 Å². The summed E-state index contributed by atoms with van der Waals surface area (Å²) < 4.78 is 63.6. The zero-order chi connectivity index (χ0) is 78.2. The van der Waals surface area contributed by atoms with Crippen molar-refractivity contribution < 1.29 is 42.2 Å². The van der Waals surface area contributed by atoms with Crippen LogP contribution in [0.3, 0.4) is 0 Å². The molecule has 16 aromatic rings. The Morgan fingerprint density at radius 3 is 1.69 bits per heavy atom. The molecule has 0 spiro atoms. The molecule has 33 nitrogen and oxygen atoms in total. The molecule has 111 heavy (non-hydrogen) atoms. The van der Waals surface area contributed by atoms with Gasteiger partial charge in [0.1, 0.15) is 84.6 Å². The Labute approximate surface area is 639 Å². The second-order valence-corrected chi connectivity index (χ2v) is 29.1. The van der Waals surface area contributed by atoms with Crippen molar-refractivity contribution in [1.29, 1.82) is 15.8 Å². The van der Waals surface area contributed by atoms with E-state index in [1.165, 1.54) is 27.4 Å². The van der Waals surface area contributed by atoms with Crippen LogP contribution in [0.2, 0.25) is 10.0 Å². The monoisotopic (exact) mass is 1580 g/mol. The van der Waals surface area contributed by atoms with Gasteiger partial charge in [0.15, 0.2) is 48.3 Å². The Morgan fingerprint density at radius 1 is 0.559 bits per heavy atom. The molecule has 1 atom stereocenters. The number of hydrogen-bond donors (Lipinski definition) is 3. The van der Waals surface area contributed by atoms with E-state index in [0.717, 1.165) is 51.5 Å². The summed E-state index contributed by atoms with van der Waals surface area (Å²) in [6.07, 6.45) is 3.10. The number of fused-ring (bicyclic) bond motifs is 13. The summed E-state index contributed by atoms with van der Waals surface area (Å²) in [4.78, 5) is 17.1. The molecule has 0 radical (unpaired) electrons. The fourth-order valence-electron chi connectivity index (χ4n) is 11.0. The molecule has 40 heteroatoms. The number of halogens is 4. The van der Waals surface area contributed by atoms with E-state index in [9.17, 15) is 32.2 Å². The zero-order valence-electron chi connectivity index (χ0n) is 57.4. The number of aromatic nitrogens is 14. The molecule has 8 aromatic heterocycles. The second-order valence-electron chi connectivity index (χ2n) is 24.8. The van der Waals surface area contributed by atoms with Gasteiger partial charge in [-0.05, 0) is 120 Å². The summed E-state index contributed by atoms with van der Waals surface area (Å²) in [5.41, 5.74) is 9.27. The van der Waals surface area contributed by atoms with Gasteiger partial charge in [-0.25, -0.2) is 31.0 Å². The van der Waals surface area contributed by atoms with Gasteiger partial charge in [0.05, 0.1) is 78.2 Å². The predicted octanol–water partition coefficient (Wildman–Crippen LogP) is 17.2. The number of nitriles is 3. The van der Waals surface area contributed by atoms with Crippen LogP contribution < -0.4 is 0 Å². The molecule has 17 rings (SSSR count). The maximum absolute atomic E-state index is 13.7. The molecule has 0 saturated heterocycles. The van der Waals surface area contributed by atoms with Gasteiger partial charge in [0, 0.05) is 51.4 Å². The number of benzene rings is 8. The van der Waals surface area contributed by atoms with E-state index in [2.05, 4.69) is 117 Å². The molecule has 0 aliphatic carbocycles. The first kappa shape index (κ1) is 73.8. The number of carbonyl (C=O) groups is 1. The first-order valence-electron chi connectivity index (χ1n) is 32.2. The van der Waals surface area contributed by atoms with E-state index in [1.807, 2.05) is 70.2 Å². The van der Waals surface area contributed by atoms with Crippen LogP contribution in [0.15, 0.2) is 191 Å². The smallest absolute Gasteiger partial charge is 0.367 e. The average molecular weight is 1580 g/mol. The van der Waals surface area contributed by atoms with Gasteiger partial charge < -0.3 is 20.2 Å². The van der Waals surface area contributed by atoms with Crippen LogP contribution in [0.5, 0.6) is 17.2 Å². The van der Waals surface area contributed by atoms with Crippen molar-refractivity contribution in [2.24, 2.45) is 46.1 Å². The van der Waals surface area contributed by atoms with Crippen LogP contribution in [0.1, 0.15) is 55.1 Å². The van der Waals surface area contributed by atoms with Crippen molar-refractivity contribution in [1.82, 2.24) is 68.8 Å². The van der Waals surface area contributed by atoms with Crippen LogP contribution >= 0.6 is 46.3 Å². The predicted molar refractivity (Wildman–Crippen MR) is 404 cm³/mol. The molecule has 3 N–H and O–H groups in total. The molecular weight excluding hydrogens is 1530 g/mol. The van der Waals surface area contributed by atoms with Gasteiger partial charge in [-0.2, -0.15) is 60.3 Å². The number of phenols is 3. The second kappa shape index (κ2) is 30.3. The molecule has 9 heterocycles. The minimum atomic E-state index is -3.61. The van der Waals surface area contributed by atoms with Gasteiger partial charge in [-0.1, -0.05) is 80.3 Å². The molecule has 0 bridgehead atoms. The third-order valence-corrected chi connectivity index (χ3v) is 19.5. The summed E-state index contributed by atoms with van der Waals surface area (Å²) in [7, 11) is -3.61. The molecular formula is C71H44Cl2F2N26O7S3. The molecule has 1 unspecified atom stereocenters. The number of aromatic hydroxyl groups is 3. The SMILES string of the molecule is CC(C)(C)c1nn2c(nnc3ccc(N=Nc4cc(Cl)c(O)cc4Cl)cc32)c1S(C)(=O)=O.CCC1=NOC(=O)C1N=Nc1ccc2nnc3c(C#N)cnn3c2c1.N#Cc1snc2c1nnc1ccc(N=Nc3cc(F)c(O)cc3F)cc12.N#Cc1snc2c1nnc1ccc(N=Nc3ccc(O)c4ccccc34)cc12. The first-order chi connectivity index (χ1) is 53.4. The normalized spacial score (nSPS) is 13.2. The highest BCUT2D eigenvalue weighted by Crippen LogP contribution is 2.40. The summed E-state index contributed by atoms with van der Waals surface area (Å²) in [5.74, 6) is -3.19. The van der Waals surface area contributed by atoms with E-state index in [4.69, 9.17) is 44.1 Å². The Hall–Kier alpha value is -14.1. The van der Waals surface area contributed by atoms with Crippen LogP contribution in [0.25, 0.3) is 88.0 Å². The lowest BCUT2D eigenvalue weighted by Crippen LogP contribution is -2.21. The summed E-state index contributed by atoms with van der Waals surface area (Å²) in [6, 6.07) is 40.6. The largest absolute Gasteiger partial charge is 0.507 e. The van der Waals surface area contributed by atoms with Crippen molar-refractivity contribution in [3.05, 3.63) is 182 Å². The summed E-state index contributed by atoms with van der Waals surface area (Å²) in [6.45, 7) is 7.50. The molecule has 1 aliphatic heterocycles. The average Bonchev–Trinajstić information content (AvgIpc) is 1.59. The lowest BCUT2D eigenvalue weighted by atomic mass is 9.92. The van der Waals surface area contributed by atoms with E-state index >= 15 is 0 Å². The standard InChI is InChI=1S/C20H18Cl2N6O3S.C20H10N6OS.C16H6F2N6OS.C15H10N8O2/c1-20(2,3)18-17(32(4,30)31)19-26-24-13-6-5-10(7-15(13)28(19)27-18)23-25-14-8-12(22)16(29)9-11(14)21;21-10-18-20-19(26-28-18)14-9-11(5-6-16(14)24-25-20)22-23-15-7-8-17(27)13-4-2-1-3-12(13)15;17-9-5-13(25)10(18)4-12(9)22-20-7-1-2-11-8(3-7)15-16(23-21-11)14(6-19)26-24-15;1-2-10-13(15(24)25-22-10)20-18-9-3-4-11-12(5-9)23-14(21-19-11)8(6-16)7-17-23/h5-9,29H,1-4H3;1-9,27H;1-5,25H;3-5,7,13H,2H2,1H3. The van der Waals surface area contributed by atoms with Crippen LogP contribution in [0, 0.1) is 45.6 Å². The Bertz CT molecular complexity index is 6990. The summed E-state index contributed by atoms with van der Waals surface area (Å²) >= 11 is 14.1. The Balaban J connectivity index is 0.000000124. The van der Waals surface area contributed by atoms with Crippen LogP contribution in [0.4, 0.5) is 48.6 Å². The lowest BCUT2D eigenvalue weighted by molar-refractivity contribution is -0.141. The van der Waals surface area contributed by atoms with Crippen molar-refractivity contribution >= 4 is 196 Å². The van der Waals surface area contributed by atoms with Crippen molar-refractivity contribution in [3.8, 4) is 35.5 Å². The van der Waals surface area contributed by atoms with Crippen molar-refractivity contribution in [2.45, 2.75) is 50.5 Å². The number of phenolic OH excluding ortho intramolecular Hbond substituents is 3. The topological polar surface area (TPSA) is 467 Å². The third-order valence-electron chi connectivity index (χ3n) is 16.3. The number of rotatable bonds is 10. The number of nitrogens with zero attached hydrogens (tertiary/aromatic N) is 26. The van der Waals surface area contributed by atoms with Crippen molar-refractivity contribution in [3.63, 3.8) is 0 Å². The molecule has 546 valence electrons. The quantitative estimate of drug-likeness (QED) is 0.0845. The van der Waals surface area contributed by atoms with E-state index in [1.54, 1.807) is 78.9 Å². The lowest BCUT2D eigenvalue weighted by Gasteiger charge is -2.16. The molecule has 0 fully saturated rings. The first-order valence-corrected chi connectivity index (χ1v) is 36.4. The zero-order valence-corrected chi connectivity index (χ0v) is 61.4. The minimum Gasteiger partial charge on any atom is -0.507 e. The van der Waals surface area contributed by atoms with Crippen molar-refractivity contribution in [2.75, 3.05) is 6.26 Å². The molecule has 0 amide bonds. The number of hydrogen-bond acceptors (Lipinski definition) is 33. The fourth-order valence-corrected chi connectivity index (χ4v) is 13.7. The van der Waals surface area contributed by atoms with E-state index < -0.39 is 44.6 Å². The number of carbonyl (C=O) groups excluding carboxylic acids is 1. The number of oxime groups is 1. The fraction of sp³-hybridized carbons (Fsp3) is 0.113. The van der Waals surface area contributed by atoms with E-state index in [0.29, 0.717) is 134 Å². The minimum absolute atomic E-state index is 0.0527. The number of sulfone groups is 1. The Kier molecular flexibility index (Phi) is 20.1. The Morgan fingerprint density at radius 2 is 1.11 bits per heavy atom. The third kappa shape index (κ3) is 14.9. The van der Waals surface area contributed by atoms with Gasteiger partial charge in [0.2, 0.25) is 6.04 Å². The highest BCUT2D eigenvalue weighted by molar-refractivity contribution is 7.91. The molecule has 0 saturated carbocycles. The number of azo groups is 4. The maximum atomic E-state index is 13.7. The molecule has 8 aromatic carbocycles. The maximum Gasteiger partial charge on any atom is 0.367 e. The summed E-state index contributed by atoms with van der Waals surface area (Å²) in [5, 5.41) is 137. The van der Waals surface area contributed by atoms with E-state index in [-0.39, 0.29) is 43.5 Å². The highest BCUT2D eigenvalue weighted by Gasteiger charge is 2.33. The van der Waals surface area contributed by atoms with Gasteiger partial charge in [-0.3, -0.25) is 0 Å². The van der Waals surface area contributed by atoms with Gasteiger partial charge in [0.25, 0.3) is 0 Å². The van der Waals surface area contributed by atoms with Gasteiger partial charge in [-0.15, -0.1) is 56.1 Å². The van der Waals surface area contributed by atoms with Crippen LogP contribution in [-0.4, -0.2) is 116 Å². The van der Waals surface area contributed by atoms with Crippen LogP contribution in [-0.2, 0) is 24.9 Å².